The number of carbonyl (C=O) groups is 2. The summed E-state index contributed by atoms with van der Waals surface area (Å²) in [4.78, 5) is 24.3. The lowest BCUT2D eigenvalue weighted by atomic mass is 10.2. The van der Waals surface area contributed by atoms with Crippen LogP contribution in [-0.2, 0) is 19.6 Å². The number of carboxylic acids is 1. The van der Waals surface area contributed by atoms with Gasteiger partial charge in [-0.05, 0) is 61.0 Å². The molecule has 0 aliphatic carbocycles. The normalized spacial score (nSPS) is 11.4. The largest absolute Gasteiger partial charge is 0.480 e. The first-order chi connectivity index (χ1) is 19.0. The summed E-state index contributed by atoms with van der Waals surface area (Å²) in [5.41, 5.74) is 0.874. The monoisotopic (exact) mass is 604 g/mol. The molecule has 4 rings (SSSR count). The highest BCUT2D eigenvalue weighted by Gasteiger charge is 2.28. The first-order valence-corrected chi connectivity index (χ1v) is 14.3. The van der Waals surface area contributed by atoms with Gasteiger partial charge in [-0.2, -0.15) is 0 Å². The van der Waals surface area contributed by atoms with Crippen LogP contribution in [-0.4, -0.2) is 66.8 Å². The van der Waals surface area contributed by atoms with Gasteiger partial charge in [0.25, 0.3) is 10.0 Å². The first kappa shape index (κ1) is 29.1. The van der Waals surface area contributed by atoms with Crippen molar-refractivity contribution in [2.24, 2.45) is 0 Å². The number of aromatic nitrogens is 3. The van der Waals surface area contributed by atoms with E-state index in [-0.39, 0.29) is 26.5 Å². The third-order valence-electron chi connectivity index (χ3n) is 5.98. The third kappa shape index (κ3) is 6.64. The smallest absolute Gasteiger partial charge is 0.324 e. The van der Waals surface area contributed by atoms with Gasteiger partial charge in [-0.1, -0.05) is 23.2 Å². The molecule has 2 heterocycles. The molecule has 40 heavy (non-hydrogen) atoms. The number of fused-ring (bicyclic) bond motifs is 1. The quantitative estimate of drug-likeness (QED) is 0.245. The average Bonchev–Trinajstić information content (AvgIpc) is 3.32. The van der Waals surface area contributed by atoms with E-state index in [1.165, 1.54) is 31.2 Å². The number of hydrogen-bond acceptors (Lipinski definition) is 7. The van der Waals surface area contributed by atoms with E-state index in [9.17, 15) is 23.1 Å². The lowest BCUT2D eigenvalue weighted by Crippen LogP contribution is -2.35. The minimum atomic E-state index is -4.30. The van der Waals surface area contributed by atoms with E-state index in [2.05, 4.69) is 15.5 Å². The summed E-state index contributed by atoms with van der Waals surface area (Å²) in [5.74, 6) is -0.187. The zero-order valence-corrected chi connectivity index (χ0v) is 23.9. The second-order valence-electron chi connectivity index (χ2n) is 8.95. The summed E-state index contributed by atoms with van der Waals surface area (Å²) in [6, 6.07) is 14.0. The van der Waals surface area contributed by atoms with Gasteiger partial charge in [0.2, 0.25) is 5.91 Å². The van der Waals surface area contributed by atoms with Crippen LogP contribution < -0.4 is 14.5 Å². The Bertz CT molecular complexity index is 1640. The van der Waals surface area contributed by atoms with Crippen LogP contribution in [0.5, 0.6) is 0 Å². The van der Waals surface area contributed by atoms with Crippen molar-refractivity contribution < 1.29 is 23.1 Å². The number of carbonyl (C=O) groups excluding carboxylic acids is 1. The molecule has 0 atom stereocenters. The highest BCUT2D eigenvalue weighted by Crippen LogP contribution is 2.31. The van der Waals surface area contributed by atoms with Crippen LogP contribution >= 0.6 is 23.2 Å². The molecule has 14 heteroatoms. The molecule has 0 spiro atoms. The molecule has 2 aromatic heterocycles. The molecule has 0 saturated heterocycles. The Labute approximate surface area is 241 Å². The third-order valence-corrected chi connectivity index (χ3v) is 8.17. The van der Waals surface area contributed by atoms with Crippen LogP contribution in [0.4, 0.5) is 11.5 Å². The number of hydrogen-bond donors (Lipinski definition) is 2. The van der Waals surface area contributed by atoms with Crippen LogP contribution in [0.3, 0.4) is 0 Å². The summed E-state index contributed by atoms with van der Waals surface area (Å²) in [6.07, 6.45) is 2.52. The summed E-state index contributed by atoms with van der Waals surface area (Å²) >= 11 is 12.0. The number of benzene rings is 2. The van der Waals surface area contributed by atoms with Crippen LogP contribution in [0, 0.1) is 0 Å². The molecule has 0 fully saturated rings. The molecule has 2 aromatic carbocycles. The lowest BCUT2D eigenvalue weighted by Gasteiger charge is -2.23. The van der Waals surface area contributed by atoms with Gasteiger partial charge in [0.05, 0.1) is 16.1 Å². The van der Waals surface area contributed by atoms with E-state index >= 15 is 0 Å². The standard InChI is InChI=1S/C26H26Cl2N6O5S/c1-17(35)29-9-3-10-32(2)24-6-7-25(31-30-24)33-11-8-18-12-21(4-5-23(18)33)34(16-26(36)37)40(38,39)22-14-19(27)13-20(28)15-22/h4-8,11-15H,3,9-10,16H2,1-2H3,(H,29,35)(H,36,37). The van der Waals surface area contributed by atoms with Crippen molar-refractivity contribution >= 4 is 67.5 Å². The topological polar surface area (TPSA) is 138 Å². The molecule has 0 aliphatic heterocycles. The maximum absolute atomic E-state index is 13.4. The van der Waals surface area contributed by atoms with E-state index in [0.29, 0.717) is 35.6 Å². The van der Waals surface area contributed by atoms with Crippen molar-refractivity contribution in [2.75, 3.05) is 35.9 Å². The van der Waals surface area contributed by atoms with Crippen LogP contribution in [0.15, 0.2) is 65.7 Å². The molecule has 11 nitrogen and oxygen atoms in total. The highest BCUT2D eigenvalue weighted by atomic mass is 35.5. The second kappa shape index (κ2) is 12.1. The molecular weight excluding hydrogens is 579 g/mol. The zero-order chi connectivity index (χ0) is 29.0. The van der Waals surface area contributed by atoms with Crippen molar-refractivity contribution in [1.29, 1.82) is 0 Å². The number of nitrogens with one attached hydrogen (secondary N) is 1. The summed E-state index contributed by atoms with van der Waals surface area (Å²) in [6.45, 7) is 1.93. The van der Waals surface area contributed by atoms with Crippen molar-refractivity contribution in [1.82, 2.24) is 20.1 Å². The molecular formula is C26H26Cl2N6O5S. The molecule has 0 unspecified atom stereocenters. The minimum Gasteiger partial charge on any atom is -0.480 e. The van der Waals surface area contributed by atoms with Gasteiger partial charge in [-0.15, -0.1) is 10.2 Å². The number of nitrogens with zero attached hydrogens (tertiary/aromatic N) is 5. The Kier molecular flexibility index (Phi) is 8.82. The maximum Gasteiger partial charge on any atom is 0.324 e. The first-order valence-electron chi connectivity index (χ1n) is 12.1. The van der Waals surface area contributed by atoms with Crippen LogP contribution in [0.1, 0.15) is 13.3 Å². The van der Waals surface area contributed by atoms with E-state index in [4.69, 9.17) is 23.2 Å². The van der Waals surface area contributed by atoms with Crippen molar-refractivity contribution in [3.05, 3.63) is 70.8 Å². The fourth-order valence-corrected chi connectivity index (χ4v) is 6.21. The van der Waals surface area contributed by atoms with Crippen molar-refractivity contribution in [3.8, 4) is 5.82 Å². The predicted molar refractivity (Wildman–Crippen MR) is 154 cm³/mol. The number of carboxylic acid groups (broad SMARTS) is 1. The van der Waals surface area contributed by atoms with Gasteiger partial charge < -0.3 is 15.3 Å². The Morgan fingerprint density at radius 2 is 1.75 bits per heavy atom. The van der Waals surface area contributed by atoms with E-state index in [1.807, 2.05) is 24.1 Å². The Morgan fingerprint density at radius 3 is 2.38 bits per heavy atom. The number of amides is 1. The Hall–Kier alpha value is -3.87. The summed E-state index contributed by atoms with van der Waals surface area (Å²) in [7, 11) is -2.42. The fraction of sp³-hybridized carbons (Fsp3) is 0.231. The highest BCUT2D eigenvalue weighted by molar-refractivity contribution is 7.92. The zero-order valence-electron chi connectivity index (χ0n) is 21.6. The van der Waals surface area contributed by atoms with Crippen molar-refractivity contribution in [2.45, 2.75) is 18.2 Å². The van der Waals surface area contributed by atoms with Gasteiger partial charge in [-0.3, -0.25) is 18.5 Å². The number of rotatable bonds is 11. The molecule has 0 aliphatic rings. The van der Waals surface area contributed by atoms with Gasteiger partial charge in [0.1, 0.15) is 6.54 Å². The number of aliphatic carboxylic acids is 1. The van der Waals surface area contributed by atoms with Gasteiger partial charge >= 0.3 is 5.97 Å². The van der Waals surface area contributed by atoms with Crippen LogP contribution in [0.25, 0.3) is 16.7 Å². The molecule has 210 valence electrons. The molecule has 0 saturated carbocycles. The summed E-state index contributed by atoms with van der Waals surface area (Å²) < 4.78 is 29.5. The molecule has 0 bridgehead atoms. The van der Waals surface area contributed by atoms with Gasteiger partial charge in [0, 0.05) is 48.7 Å². The van der Waals surface area contributed by atoms with Gasteiger partial charge in [-0.25, -0.2) is 8.42 Å². The van der Waals surface area contributed by atoms with E-state index in [1.54, 1.807) is 29.0 Å². The SMILES string of the molecule is CC(=O)NCCCN(C)c1ccc(-n2ccc3cc(N(CC(=O)O)S(=O)(=O)c4cc(Cl)cc(Cl)c4)ccc32)nn1. The Morgan fingerprint density at radius 1 is 1.02 bits per heavy atom. The maximum atomic E-state index is 13.4. The molecule has 1 amide bonds. The lowest BCUT2D eigenvalue weighted by molar-refractivity contribution is -0.135. The van der Waals surface area contributed by atoms with Crippen molar-refractivity contribution in [3.63, 3.8) is 0 Å². The number of sulfonamides is 1. The fourth-order valence-electron chi connectivity index (χ4n) is 4.07. The number of anilines is 2. The van der Waals surface area contributed by atoms with Crippen LogP contribution in [0.2, 0.25) is 10.0 Å². The van der Waals surface area contributed by atoms with Gasteiger partial charge in [0.15, 0.2) is 11.6 Å². The predicted octanol–water partition coefficient (Wildman–Crippen LogP) is 3.97. The Balaban J connectivity index is 1.60. The molecule has 2 N–H and O–H groups in total. The average molecular weight is 606 g/mol. The number of halogens is 2. The summed E-state index contributed by atoms with van der Waals surface area (Å²) in [5, 5.41) is 21.8. The van der Waals surface area contributed by atoms with E-state index in [0.717, 1.165) is 10.7 Å². The second-order valence-corrected chi connectivity index (χ2v) is 11.7. The molecule has 0 radical (unpaired) electrons. The minimum absolute atomic E-state index is 0.0693. The molecule has 4 aromatic rings. The van der Waals surface area contributed by atoms with E-state index < -0.39 is 22.5 Å².